The van der Waals surface area contributed by atoms with Gasteiger partial charge in [-0.2, -0.15) is 0 Å². The van der Waals surface area contributed by atoms with Crippen molar-refractivity contribution >= 4 is 56.4 Å². The smallest absolute Gasteiger partial charge is 0.143 e. The molecule has 1 heterocycles. The van der Waals surface area contributed by atoms with Crippen LogP contribution in [0, 0.1) is 0 Å². The molecule has 1 aromatic carbocycles. The number of rotatable bonds is 3. The Bertz CT molecular complexity index is 555. The minimum atomic E-state index is 0.436. The van der Waals surface area contributed by atoms with Crippen LogP contribution in [0.25, 0.3) is 0 Å². The van der Waals surface area contributed by atoms with Crippen molar-refractivity contribution in [3.8, 4) is 0 Å². The Morgan fingerprint density at radius 2 is 1.72 bits per heavy atom. The van der Waals surface area contributed by atoms with Crippen LogP contribution in [0.2, 0.25) is 15.2 Å². The van der Waals surface area contributed by atoms with Gasteiger partial charge in [0.05, 0.1) is 16.4 Å². The molecule has 1 N–H and O–H groups in total. The van der Waals surface area contributed by atoms with E-state index in [2.05, 4.69) is 26.2 Å². The lowest BCUT2D eigenvalue weighted by Gasteiger charge is -2.08. The number of hydrogen-bond acceptors (Lipinski definition) is 2. The lowest BCUT2D eigenvalue weighted by molar-refractivity contribution is 1.13. The van der Waals surface area contributed by atoms with E-state index in [1.165, 1.54) is 0 Å². The Morgan fingerprint density at radius 3 is 2.33 bits per heavy atom. The van der Waals surface area contributed by atoms with Crippen molar-refractivity contribution < 1.29 is 0 Å². The van der Waals surface area contributed by atoms with E-state index < -0.39 is 0 Å². The van der Waals surface area contributed by atoms with Crippen LogP contribution in [0.5, 0.6) is 0 Å². The standard InChI is InChI=1S/C12H8BrCl3N2/c13-11-4-10(6-18-12(11)16)17-5-7-1-8(14)3-9(15)2-7/h1-4,6,17H,5H2. The molecule has 0 saturated heterocycles. The molecular formula is C12H8BrCl3N2. The predicted octanol–water partition coefficient (Wildman–Crippen LogP) is 5.42. The average Bonchev–Trinajstić information content (AvgIpc) is 2.29. The second-order valence-corrected chi connectivity index (χ2v) is 5.71. The largest absolute Gasteiger partial charge is 0.380 e. The van der Waals surface area contributed by atoms with Crippen LogP contribution in [-0.4, -0.2) is 4.98 Å². The topological polar surface area (TPSA) is 24.9 Å². The molecule has 0 bridgehead atoms. The van der Waals surface area contributed by atoms with Crippen molar-refractivity contribution in [2.75, 3.05) is 5.32 Å². The molecule has 0 unspecified atom stereocenters. The fourth-order valence-corrected chi connectivity index (χ4v) is 2.46. The number of aromatic nitrogens is 1. The molecule has 94 valence electrons. The zero-order valence-corrected chi connectivity index (χ0v) is 12.9. The molecule has 6 heteroatoms. The van der Waals surface area contributed by atoms with Crippen molar-refractivity contribution in [1.29, 1.82) is 0 Å². The van der Waals surface area contributed by atoms with E-state index in [1.807, 2.05) is 18.2 Å². The summed E-state index contributed by atoms with van der Waals surface area (Å²) in [7, 11) is 0. The summed E-state index contributed by atoms with van der Waals surface area (Å²) in [5.74, 6) is 0. The molecule has 0 amide bonds. The van der Waals surface area contributed by atoms with Gasteiger partial charge in [0.15, 0.2) is 0 Å². The second kappa shape index (κ2) is 6.11. The zero-order chi connectivity index (χ0) is 13.1. The molecule has 0 aliphatic heterocycles. The molecule has 0 atom stereocenters. The molecule has 2 nitrogen and oxygen atoms in total. The third-order valence-corrected chi connectivity index (χ3v) is 3.79. The lowest BCUT2D eigenvalue weighted by Crippen LogP contribution is -2.00. The molecule has 0 aliphatic carbocycles. The van der Waals surface area contributed by atoms with Gasteiger partial charge < -0.3 is 5.32 Å². The second-order valence-electron chi connectivity index (χ2n) is 3.63. The molecular weight excluding hydrogens is 358 g/mol. The molecule has 0 fully saturated rings. The normalized spacial score (nSPS) is 10.4. The molecule has 0 spiro atoms. The molecule has 1 aromatic heterocycles. The summed E-state index contributed by atoms with van der Waals surface area (Å²) in [5, 5.41) is 4.89. The van der Waals surface area contributed by atoms with E-state index in [9.17, 15) is 0 Å². The Labute approximate surface area is 128 Å². The van der Waals surface area contributed by atoms with Crippen LogP contribution < -0.4 is 5.32 Å². The van der Waals surface area contributed by atoms with Crippen LogP contribution in [0.4, 0.5) is 5.69 Å². The fraction of sp³-hybridized carbons (Fsp3) is 0.0833. The van der Waals surface area contributed by atoms with Gasteiger partial charge in [0, 0.05) is 16.6 Å². The summed E-state index contributed by atoms with van der Waals surface area (Å²) < 4.78 is 0.748. The summed E-state index contributed by atoms with van der Waals surface area (Å²) in [6, 6.07) is 7.28. The highest BCUT2D eigenvalue weighted by molar-refractivity contribution is 9.10. The van der Waals surface area contributed by atoms with Crippen LogP contribution in [0.3, 0.4) is 0 Å². The minimum Gasteiger partial charge on any atom is -0.380 e. The number of nitrogens with one attached hydrogen (secondary N) is 1. The highest BCUT2D eigenvalue weighted by Gasteiger charge is 2.02. The van der Waals surface area contributed by atoms with Gasteiger partial charge in [-0.1, -0.05) is 34.8 Å². The number of pyridine rings is 1. The van der Waals surface area contributed by atoms with Gasteiger partial charge in [-0.15, -0.1) is 0 Å². The minimum absolute atomic E-state index is 0.436. The summed E-state index contributed by atoms with van der Waals surface area (Å²) >= 11 is 21.0. The Balaban J connectivity index is 2.08. The molecule has 18 heavy (non-hydrogen) atoms. The molecule has 2 aromatic rings. The highest BCUT2D eigenvalue weighted by Crippen LogP contribution is 2.24. The summed E-state index contributed by atoms with van der Waals surface area (Å²) in [4.78, 5) is 4.03. The first-order valence-corrected chi connectivity index (χ1v) is 6.97. The van der Waals surface area contributed by atoms with E-state index >= 15 is 0 Å². The predicted molar refractivity (Wildman–Crippen MR) is 80.7 cm³/mol. The van der Waals surface area contributed by atoms with Crippen LogP contribution >= 0.6 is 50.7 Å². The van der Waals surface area contributed by atoms with Crippen LogP contribution in [0.15, 0.2) is 34.9 Å². The van der Waals surface area contributed by atoms with E-state index in [4.69, 9.17) is 34.8 Å². The first-order chi connectivity index (χ1) is 8.54. The number of hydrogen-bond donors (Lipinski definition) is 1. The third-order valence-electron chi connectivity index (χ3n) is 2.22. The first-order valence-electron chi connectivity index (χ1n) is 5.04. The van der Waals surface area contributed by atoms with Gasteiger partial charge in [-0.25, -0.2) is 4.98 Å². The van der Waals surface area contributed by atoms with Crippen molar-refractivity contribution in [3.05, 3.63) is 55.7 Å². The van der Waals surface area contributed by atoms with E-state index in [1.54, 1.807) is 12.3 Å². The van der Waals surface area contributed by atoms with Gasteiger partial charge in [0.2, 0.25) is 0 Å². The summed E-state index contributed by atoms with van der Waals surface area (Å²) in [5.41, 5.74) is 1.86. The fourth-order valence-electron chi connectivity index (χ4n) is 1.44. The van der Waals surface area contributed by atoms with Gasteiger partial charge in [-0.3, -0.25) is 0 Å². The van der Waals surface area contributed by atoms with Gasteiger partial charge in [0.25, 0.3) is 0 Å². The van der Waals surface area contributed by atoms with Crippen molar-refractivity contribution in [1.82, 2.24) is 4.98 Å². The van der Waals surface area contributed by atoms with Gasteiger partial charge >= 0.3 is 0 Å². The number of nitrogens with zero attached hydrogens (tertiary/aromatic N) is 1. The van der Waals surface area contributed by atoms with Crippen molar-refractivity contribution in [2.45, 2.75) is 6.54 Å². The Hall–Kier alpha value is -0.480. The van der Waals surface area contributed by atoms with Crippen molar-refractivity contribution in [3.63, 3.8) is 0 Å². The van der Waals surface area contributed by atoms with E-state index in [0.717, 1.165) is 15.7 Å². The maximum absolute atomic E-state index is 5.93. The summed E-state index contributed by atoms with van der Waals surface area (Å²) in [6.45, 7) is 0.607. The Kier molecular flexibility index (Phi) is 4.73. The molecule has 2 rings (SSSR count). The van der Waals surface area contributed by atoms with Crippen LogP contribution in [0.1, 0.15) is 5.56 Å². The monoisotopic (exact) mass is 364 g/mol. The number of anilines is 1. The molecule has 0 saturated carbocycles. The zero-order valence-electron chi connectivity index (χ0n) is 9.05. The van der Waals surface area contributed by atoms with Gasteiger partial charge in [-0.05, 0) is 45.8 Å². The highest BCUT2D eigenvalue weighted by atomic mass is 79.9. The number of benzene rings is 1. The molecule has 0 aliphatic rings. The van der Waals surface area contributed by atoms with Crippen LogP contribution in [-0.2, 0) is 6.54 Å². The van der Waals surface area contributed by atoms with Gasteiger partial charge in [0.1, 0.15) is 5.15 Å². The Morgan fingerprint density at radius 1 is 1.06 bits per heavy atom. The molecule has 0 radical (unpaired) electrons. The maximum atomic E-state index is 5.93. The first kappa shape index (κ1) is 13.9. The third kappa shape index (κ3) is 3.75. The van der Waals surface area contributed by atoms with Crippen molar-refractivity contribution in [2.24, 2.45) is 0 Å². The lowest BCUT2D eigenvalue weighted by atomic mass is 10.2. The SMILES string of the molecule is Clc1cc(Cl)cc(CNc2cnc(Cl)c(Br)c2)c1. The summed E-state index contributed by atoms with van der Waals surface area (Å²) in [6.07, 6.45) is 1.67. The average molecular weight is 366 g/mol. The number of halogens is 4. The maximum Gasteiger partial charge on any atom is 0.143 e. The quantitative estimate of drug-likeness (QED) is 0.734. The van der Waals surface area contributed by atoms with E-state index in [-0.39, 0.29) is 0 Å². The van der Waals surface area contributed by atoms with E-state index in [0.29, 0.717) is 21.7 Å².